The Morgan fingerprint density at radius 1 is 1.38 bits per heavy atom. The van der Waals surface area contributed by atoms with Crippen LogP contribution < -0.4 is 0 Å². The molecule has 3 rings (SSSR count). The number of hydrogen-bond acceptors (Lipinski definition) is 2. The number of fused-ring (bicyclic) bond motifs is 1. The van der Waals surface area contributed by atoms with E-state index in [1.165, 1.54) is 5.56 Å². The molecule has 4 nitrogen and oxygen atoms in total. The maximum Gasteiger partial charge on any atom is 0.307 e. The van der Waals surface area contributed by atoms with E-state index in [-0.39, 0.29) is 11.8 Å². The zero-order chi connectivity index (χ0) is 15.0. The summed E-state index contributed by atoms with van der Waals surface area (Å²) >= 11 is 0. The van der Waals surface area contributed by atoms with Gasteiger partial charge in [-0.2, -0.15) is 0 Å². The van der Waals surface area contributed by atoms with Gasteiger partial charge < -0.3 is 9.67 Å². The quantitative estimate of drug-likeness (QED) is 0.935. The average molecular weight is 286 g/mol. The minimum atomic E-state index is -0.675. The standard InChI is InChI=1S/C17H22N2O2/c1-3-19-15-9-8-11(2)10-14(15)18-16(19)12-6-4-5-7-13(12)17(20)21/h8-10,12-13H,3-7H2,1-2H3,(H,20,21). The third kappa shape index (κ3) is 2.43. The summed E-state index contributed by atoms with van der Waals surface area (Å²) in [5.74, 6) is 0.0432. The molecule has 0 bridgehead atoms. The van der Waals surface area contributed by atoms with Gasteiger partial charge in [0.05, 0.1) is 17.0 Å². The Morgan fingerprint density at radius 3 is 2.86 bits per heavy atom. The highest BCUT2D eigenvalue weighted by atomic mass is 16.4. The SMILES string of the molecule is CCn1c(C2CCCCC2C(=O)O)nc2cc(C)ccc21. The van der Waals surface area contributed by atoms with Crippen molar-refractivity contribution in [1.82, 2.24) is 9.55 Å². The molecule has 1 fully saturated rings. The van der Waals surface area contributed by atoms with Crippen molar-refractivity contribution in [1.29, 1.82) is 0 Å². The third-order valence-corrected chi connectivity index (χ3v) is 4.66. The number of aliphatic carboxylic acids is 1. The molecule has 1 aromatic carbocycles. The predicted molar refractivity (Wildman–Crippen MR) is 82.5 cm³/mol. The number of rotatable bonds is 3. The van der Waals surface area contributed by atoms with Gasteiger partial charge in [0.25, 0.3) is 0 Å². The van der Waals surface area contributed by atoms with E-state index in [1.54, 1.807) is 0 Å². The smallest absolute Gasteiger partial charge is 0.307 e. The molecular formula is C17H22N2O2. The summed E-state index contributed by atoms with van der Waals surface area (Å²) in [4.78, 5) is 16.4. The lowest BCUT2D eigenvalue weighted by Gasteiger charge is -2.28. The Labute approximate surface area is 124 Å². The number of benzene rings is 1. The summed E-state index contributed by atoms with van der Waals surface area (Å²) in [7, 11) is 0. The van der Waals surface area contributed by atoms with Gasteiger partial charge in [-0.15, -0.1) is 0 Å². The number of aromatic nitrogens is 2. The second-order valence-corrected chi connectivity index (χ2v) is 6.04. The van der Waals surface area contributed by atoms with Gasteiger partial charge in [-0.3, -0.25) is 4.79 Å². The zero-order valence-electron chi connectivity index (χ0n) is 12.7. The molecular weight excluding hydrogens is 264 g/mol. The van der Waals surface area contributed by atoms with Crippen LogP contribution in [-0.2, 0) is 11.3 Å². The van der Waals surface area contributed by atoms with E-state index in [4.69, 9.17) is 4.98 Å². The first-order valence-electron chi connectivity index (χ1n) is 7.81. The zero-order valence-corrected chi connectivity index (χ0v) is 12.7. The number of carbonyl (C=O) groups is 1. The lowest BCUT2D eigenvalue weighted by Crippen LogP contribution is -2.27. The van der Waals surface area contributed by atoms with E-state index in [1.807, 2.05) is 0 Å². The van der Waals surface area contributed by atoms with Crippen molar-refractivity contribution in [3.63, 3.8) is 0 Å². The Balaban J connectivity index is 2.11. The lowest BCUT2D eigenvalue weighted by molar-refractivity contribution is -0.143. The Hall–Kier alpha value is -1.84. The molecule has 1 N–H and O–H groups in total. The molecule has 2 unspecified atom stereocenters. The molecule has 0 amide bonds. The van der Waals surface area contributed by atoms with Crippen molar-refractivity contribution >= 4 is 17.0 Å². The summed E-state index contributed by atoms with van der Waals surface area (Å²) in [5, 5.41) is 9.52. The molecule has 1 heterocycles. The fourth-order valence-corrected chi connectivity index (χ4v) is 3.61. The number of nitrogens with zero attached hydrogens (tertiary/aromatic N) is 2. The fourth-order valence-electron chi connectivity index (χ4n) is 3.61. The number of carboxylic acids is 1. The van der Waals surface area contributed by atoms with Crippen molar-refractivity contribution in [3.05, 3.63) is 29.6 Å². The molecule has 0 aliphatic heterocycles. The second-order valence-electron chi connectivity index (χ2n) is 6.04. The summed E-state index contributed by atoms with van der Waals surface area (Å²) in [6.07, 6.45) is 3.81. The van der Waals surface area contributed by atoms with Crippen LogP contribution in [0.15, 0.2) is 18.2 Å². The molecule has 0 saturated heterocycles. The molecule has 4 heteroatoms. The third-order valence-electron chi connectivity index (χ3n) is 4.66. The number of hydrogen-bond donors (Lipinski definition) is 1. The first-order valence-corrected chi connectivity index (χ1v) is 7.81. The van der Waals surface area contributed by atoms with E-state index >= 15 is 0 Å². The van der Waals surface area contributed by atoms with Gasteiger partial charge in [-0.1, -0.05) is 18.9 Å². The van der Waals surface area contributed by atoms with Gasteiger partial charge >= 0.3 is 5.97 Å². The van der Waals surface area contributed by atoms with Crippen LogP contribution in [0.25, 0.3) is 11.0 Å². The van der Waals surface area contributed by atoms with Crippen LogP contribution in [0.5, 0.6) is 0 Å². The van der Waals surface area contributed by atoms with Crippen LogP contribution in [0.1, 0.15) is 49.9 Å². The summed E-state index contributed by atoms with van der Waals surface area (Å²) in [5.41, 5.74) is 3.29. The van der Waals surface area contributed by atoms with Crippen LogP contribution in [-0.4, -0.2) is 20.6 Å². The van der Waals surface area contributed by atoms with E-state index in [0.29, 0.717) is 0 Å². The van der Waals surface area contributed by atoms with Gasteiger partial charge in [0.1, 0.15) is 5.82 Å². The normalized spacial score (nSPS) is 22.6. The van der Waals surface area contributed by atoms with Crippen LogP contribution in [0, 0.1) is 12.8 Å². The van der Waals surface area contributed by atoms with Crippen molar-refractivity contribution in [3.8, 4) is 0 Å². The number of imidazole rings is 1. The Bertz CT molecular complexity index is 675. The molecule has 112 valence electrons. The molecule has 1 saturated carbocycles. The van der Waals surface area contributed by atoms with Crippen LogP contribution in [0.3, 0.4) is 0 Å². The van der Waals surface area contributed by atoms with E-state index in [0.717, 1.165) is 49.1 Å². The molecule has 1 aromatic heterocycles. The van der Waals surface area contributed by atoms with Gasteiger partial charge in [0.15, 0.2) is 0 Å². The molecule has 1 aliphatic rings. The topological polar surface area (TPSA) is 55.1 Å². The van der Waals surface area contributed by atoms with Gasteiger partial charge in [0.2, 0.25) is 0 Å². The van der Waals surface area contributed by atoms with Crippen LogP contribution in [0.2, 0.25) is 0 Å². The fraction of sp³-hybridized carbons (Fsp3) is 0.529. The molecule has 2 atom stereocenters. The monoisotopic (exact) mass is 286 g/mol. The first kappa shape index (κ1) is 14.1. The van der Waals surface area contributed by atoms with Crippen molar-refractivity contribution < 1.29 is 9.90 Å². The maximum absolute atomic E-state index is 11.6. The van der Waals surface area contributed by atoms with Gasteiger partial charge in [-0.25, -0.2) is 4.98 Å². The highest BCUT2D eigenvalue weighted by molar-refractivity contribution is 5.77. The number of aryl methyl sites for hydroxylation is 2. The van der Waals surface area contributed by atoms with E-state index < -0.39 is 5.97 Å². The van der Waals surface area contributed by atoms with Crippen LogP contribution >= 0.6 is 0 Å². The Kier molecular flexibility index (Phi) is 3.70. The summed E-state index contributed by atoms with van der Waals surface area (Å²) in [6, 6.07) is 6.28. The summed E-state index contributed by atoms with van der Waals surface area (Å²) in [6.45, 7) is 4.99. The Morgan fingerprint density at radius 2 is 2.14 bits per heavy atom. The molecule has 0 radical (unpaired) electrons. The maximum atomic E-state index is 11.6. The van der Waals surface area contributed by atoms with Crippen LogP contribution in [0.4, 0.5) is 0 Å². The van der Waals surface area contributed by atoms with Crippen molar-refractivity contribution in [2.45, 2.75) is 52.0 Å². The van der Waals surface area contributed by atoms with E-state index in [2.05, 4.69) is 36.6 Å². The van der Waals surface area contributed by atoms with Gasteiger partial charge in [-0.05, 0) is 44.4 Å². The van der Waals surface area contributed by atoms with Gasteiger partial charge in [0, 0.05) is 12.5 Å². The highest BCUT2D eigenvalue weighted by Gasteiger charge is 2.35. The molecule has 1 aliphatic carbocycles. The van der Waals surface area contributed by atoms with Crippen molar-refractivity contribution in [2.75, 3.05) is 0 Å². The molecule has 2 aromatic rings. The average Bonchev–Trinajstić information content (AvgIpc) is 2.84. The second kappa shape index (κ2) is 5.51. The minimum Gasteiger partial charge on any atom is -0.481 e. The number of carboxylic acid groups (broad SMARTS) is 1. The first-order chi connectivity index (χ1) is 10.1. The van der Waals surface area contributed by atoms with E-state index in [9.17, 15) is 9.90 Å². The van der Waals surface area contributed by atoms with Crippen molar-refractivity contribution in [2.24, 2.45) is 5.92 Å². The predicted octanol–water partition coefficient (Wildman–Crippen LogP) is 3.72. The largest absolute Gasteiger partial charge is 0.481 e. The lowest BCUT2D eigenvalue weighted by atomic mass is 9.78. The molecule has 21 heavy (non-hydrogen) atoms. The minimum absolute atomic E-state index is 0.0453. The highest BCUT2D eigenvalue weighted by Crippen LogP contribution is 2.38. The molecule has 0 spiro atoms. The summed E-state index contributed by atoms with van der Waals surface area (Å²) < 4.78 is 2.20.